The molecule has 0 saturated carbocycles. The van der Waals surface area contributed by atoms with Crippen LogP contribution in [0.4, 0.5) is 0 Å². The van der Waals surface area contributed by atoms with Crippen molar-refractivity contribution in [3.8, 4) is 0 Å². The zero-order valence-corrected chi connectivity index (χ0v) is 8.87. The van der Waals surface area contributed by atoms with Crippen molar-refractivity contribution in [1.82, 2.24) is 5.32 Å². The molecule has 4 nitrogen and oxygen atoms in total. The lowest BCUT2D eigenvalue weighted by Gasteiger charge is -2.10. The predicted molar refractivity (Wildman–Crippen MR) is 52.6 cm³/mol. The molecular formula is C9H21NO3. The summed E-state index contributed by atoms with van der Waals surface area (Å²) < 4.78 is 0. The highest BCUT2D eigenvalue weighted by atomic mass is 16.3. The van der Waals surface area contributed by atoms with Crippen LogP contribution in [-0.4, -0.2) is 41.3 Å². The summed E-state index contributed by atoms with van der Waals surface area (Å²) in [5, 5.41) is 20.1. The van der Waals surface area contributed by atoms with E-state index in [1.807, 2.05) is 13.8 Å². The highest BCUT2D eigenvalue weighted by Crippen LogP contribution is 1.80. The molecule has 0 unspecified atom stereocenters. The smallest absolute Gasteiger partial charge is 0.126 e. The number of nitrogens with one attached hydrogen (secondary N) is 1. The zero-order valence-electron chi connectivity index (χ0n) is 8.87. The number of rotatable bonds is 4. The van der Waals surface area contributed by atoms with Crippen molar-refractivity contribution < 1.29 is 15.0 Å². The Labute approximate surface area is 80.0 Å². The van der Waals surface area contributed by atoms with Crippen molar-refractivity contribution in [3.63, 3.8) is 0 Å². The number of aliphatic hydroxyl groups is 2. The van der Waals surface area contributed by atoms with E-state index in [0.29, 0.717) is 12.6 Å². The standard InChI is InChI=1S/C6H15NO2.C3H6O/c1-5(2)7-3-6(9)4-8;1-3(2)4/h5-9H,3-4H2,1-2H3;1-2H3/t6-;/m0./s1. The van der Waals surface area contributed by atoms with E-state index in [4.69, 9.17) is 10.2 Å². The number of hydrogen-bond donors (Lipinski definition) is 3. The lowest BCUT2D eigenvalue weighted by atomic mass is 10.3. The lowest BCUT2D eigenvalue weighted by Crippen LogP contribution is -2.33. The number of ketones is 1. The maximum Gasteiger partial charge on any atom is 0.126 e. The van der Waals surface area contributed by atoms with Crippen molar-refractivity contribution in [2.75, 3.05) is 13.2 Å². The molecule has 0 amide bonds. The van der Waals surface area contributed by atoms with E-state index in [1.165, 1.54) is 13.8 Å². The van der Waals surface area contributed by atoms with Crippen LogP contribution in [0.1, 0.15) is 27.7 Å². The monoisotopic (exact) mass is 191 g/mol. The summed E-state index contributed by atoms with van der Waals surface area (Å²) in [5.41, 5.74) is 0. The summed E-state index contributed by atoms with van der Waals surface area (Å²) in [6.45, 7) is 7.34. The largest absolute Gasteiger partial charge is 0.394 e. The van der Waals surface area contributed by atoms with Gasteiger partial charge in [0.2, 0.25) is 0 Å². The van der Waals surface area contributed by atoms with E-state index >= 15 is 0 Å². The Bertz CT molecular complexity index is 122. The molecule has 0 aromatic carbocycles. The maximum absolute atomic E-state index is 9.44. The minimum atomic E-state index is -0.618. The molecule has 0 aliphatic rings. The van der Waals surface area contributed by atoms with Gasteiger partial charge in [-0.25, -0.2) is 0 Å². The lowest BCUT2D eigenvalue weighted by molar-refractivity contribution is -0.114. The van der Waals surface area contributed by atoms with Crippen LogP contribution in [0.3, 0.4) is 0 Å². The first-order valence-corrected chi connectivity index (χ1v) is 4.39. The number of carbonyl (C=O) groups is 1. The fraction of sp³-hybridized carbons (Fsp3) is 0.889. The van der Waals surface area contributed by atoms with E-state index in [2.05, 4.69) is 5.32 Å². The summed E-state index contributed by atoms with van der Waals surface area (Å²) in [6.07, 6.45) is -0.618. The second-order valence-corrected chi connectivity index (χ2v) is 3.31. The number of Topliss-reactive ketones (excluding diaryl/α,β-unsaturated/α-hetero) is 1. The Morgan fingerprint density at radius 2 is 1.77 bits per heavy atom. The van der Waals surface area contributed by atoms with Crippen LogP contribution >= 0.6 is 0 Å². The molecule has 0 aromatic heterocycles. The number of carbonyl (C=O) groups excluding carboxylic acids is 1. The molecule has 0 spiro atoms. The summed E-state index contributed by atoms with van der Waals surface area (Å²) in [4.78, 5) is 9.44. The van der Waals surface area contributed by atoms with Crippen LogP contribution in [0.15, 0.2) is 0 Å². The summed E-state index contributed by atoms with van der Waals surface area (Å²) in [7, 11) is 0. The Hall–Kier alpha value is -0.450. The first-order valence-electron chi connectivity index (χ1n) is 4.39. The van der Waals surface area contributed by atoms with Gasteiger partial charge < -0.3 is 20.3 Å². The molecule has 0 rings (SSSR count). The van der Waals surface area contributed by atoms with Crippen molar-refractivity contribution in [2.24, 2.45) is 0 Å². The normalized spacial score (nSPS) is 11.9. The van der Waals surface area contributed by atoms with Crippen molar-refractivity contribution in [3.05, 3.63) is 0 Å². The van der Waals surface area contributed by atoms with Gasteiger partial charge in [-0.3, -0.25) is 0 Å². The molecule has 80 valence electrons. The highest BCUT2D eigenvalue weighted by molar-refractivity contribution is 5.72. The van der Waals surface area contributed by atoms with E-state index in [9.17, 15) is 4.79 Å². The van der Waals surface area contributed by atoms with Crippen LogP contribution in [-0.2, 0) is 4.79 Å². The predicted octanol–water partition coefficient (Wildman–Crippen LogP) is -0.0671. The second-order valence-electron chi connectivity index (χ2n) is 3.31. The van der Waals surface area contributed by atoms with Crippen molar-refractivity contribution in [1.29, 1.82) is 0 Å². The minimum absolute atomic E-state index is 0.167. The summed E-state index contributed by atoms with van der Waals surface area (Å²) in [5.74, 6) is 0.167. The molecule has 0 aromatic rings. The fourth-order valence-corrected chi connectivity index (χ4v) is 0.436. The van der Waals surface area contributed by atoms with Gasteiger partial charge >= 0.3 is 0 Å². The van der Waals surface area contributed by atoms with Gasteiger partial charge in [-0.1, -0.05) is 13.8 Å². The molecule has 0 saturated heterocycles. The molecular weight excluding hydrogens is 170 g/mol. The van der Waals surface area contributed by atoms with Crippen LogP contribution in [0, 0.1) is 0 Å². The molecule has 4 heteroatoms. The van der Waals surface area contributed by atoms with Gasteiger partial charge in [-0.15, -0.1) is 0 Å². The van der Waals surface area contributed by atoms with Crippen LogP contribution in [0.2, 0.25) is 0 Å². The Morgan fingerprint density at radius 1 is 1.38 bits per heavy atom. The van der Waals surface area contributed by atoms with E-state index in [1.54, 1.807) is 0 Å². The van der Waals surface area contributed by atoms with Crippen LogP contribution in [0.5, 0.6) is 0 Å². The average Bonchev–Trinajstić information content (AvgIpc) is 1.99. The second kappa shape index (κ2) is 9.64. The van der Waals surface area contributed by atoms with Gasteiger partial charge in [-0.2, -0.15) is 0 Å². The molecule has 0 aliphatic heterocycles. The molecule has 0 aliphatic carbocycles. The van der Waals surface area contributed by atoms with Crippen molar-refractivity contribution in [2.45, 2.75) is 39.8 Å². The van der Waals surface area contributed by atoms with Gasteiger partial charge in [-0.05, 0) is 13.8 Å². The van der Waals surface area contributed by atoms with Gasteiger partial charge in [0.1, 0.15) is 5.78 Å². The third kappa shape index (κ3) is 24.6. The van der Waals surface area contributed by atoms with Gasteiger partial charge in [0.25, 0.3) is 0 Å². The Balaban J connectivity index is 0. The van der Waals surface area contributed by atoms with Crippen LogP contribution < -0.4 is 5.32 Å². The van der Waals surface area contributed by atoms with E-state index in [0.717, 1.165) is 0 Å². The molecule has 1 atom stereocenters. The van der Waals surface area contributed by atoms with Gasteiger partial charge in [0, 0.05) is 12.6 Å². The summed E-state index contributed by atoms with van der Waals surface area (Å²) >= 11 is 0. The van der Waals surface area contributed by atoms with Gasteiger partial charge in [0.15, 0.2) is 0 Å². The molecule has 0 radical (unpaired) electrons. The summed E-state index contributed by atoms with van der Waals surface area (Å²) in [6, 6.07) is 0.367. The first-order chi connectivity index (χ1) is 5.90. The van der Waals surface area contributed by atoms with Crippen molar-refractivity contribution >= 4 is 5.78 Å². The van der Waals surface area contributed by atoms with E-state index in [-0.39, 0.29) is 12.4 Å². The first kappa shape index (κ1) is 15.0. The van der Waals surface area contributed by atoms with E-state index < -0.39 is 6.10 Å². The SMILES string of the molecule is CC(C)=O.CC(C)NC[C@H](O)CO. The molecule has 3 N–H and O–H groups in total. The Morgan fingerprint density at radius 3 is 2.00 bits per heavy atom. The molecule has 0 bridgehead atoms. The molecule has 13 heavy (non-hydrogen) atoms. The zero-order chi connectivity index (χ0) is 10.9. The third-order valence-electron chi connectivity index (χ3n) is 0.972. The molecule has 0 heterocycles. The third-order valence-corrected chi connectivity index (χ3v) is 0.972. The quantitative estimate of drug-likeness (QED) is 0.582. The maximum atomic E-state index is 9.44. The Kier molecular flexibility index (Phi) is 11.2. The van der Waals surface area contributed by atoms with Gasteiger partial charge in [0.05, 0.1) is 12.7 Å². The van der Waals surface area contributed by atoms with Crippen LogP contribution in [0.25, 0.3) is 0 Å². The molecule has 0 fully saturated rings. The average molecular weight is 191 g/mol. The fourth-order valence-electron chi connectivity index (χ4n) is 0.436. The number of aliphatic hydroxyl groups excluding tert-OH is 2. The highest BCUT2D eigenvalue weighted by Gasteiger charge is 2.00. The minimum Gasteiger partial charge on any atom is -0.394 e. The topological polar surface area (TPSA) is 69.6 Å². The number of hydrogen-bond acceptors (Lipinski definition) is 4.